The van der Waals surface area contributed by atoms with Crippen LogP contribution in [0.2, 0.25) is 0 Å². The van der Waals surface area contributed by atoms with E-state index in [0.717, 1.165) is 6.26 Å². The minimum atomic E-state index is -3.57. The monoisotopic (exact) mass is 336 g/mol. The standard InChI is InChI=1S/C11H16N2O4S3/c1-19(14,15)7-6-13-20(16,17)8-9-2-4-10(5-3-9)11(12)18/h2-5,13H,6-8H2,1H3,(H2,12,18). The Kier molecular flexibility index (Phi) is 5.63. The summed E-state index contributed by atoms with van der Waals surface area (Å²) in [6.45, 7) is -0.133. The van der Waals surface area contributed by atoms with Crippen LogP contribution in [0.3, 0.4) is 0 Å². The van der Waals surface area contributed by atoms with Crippen LogP contribution in [0.1, 0.15) is 11.1 Å². The highest BCUT2D eigenvalue weighted by Gasteiger charge is 2.12. The van der Waals surface area contributed by atoms with Crippen molar-refractivity contribution in [3.63, 3.8) is 0 Å². The summed E-state index contributed by atoms with van der Waals surface area (Å²) in [7, 11) is -6.76. The molecule has 0 saturated carbocycles. The van der Waals surface area contributed by atoms with Gasteiger partial charge in [0.05, 0.1) is 11.5 Å². The molecule has 0 aromatic heterocycles. The zero-order valence-electron chi connectivity index (χ0n) is 10.9. The average Bonchev–Trinajstić information content (AvgIpc) is 2.26. The van der Waals surface area contributed by atoms with Crippen molar-refractivity contribution in [1.29, 1.82) is 0 Å². The van der Waals surface area contributed by atoms with Gasteiger partial charge >= 0.3 is 0 Å². The predicted octanol–water partition coefficient (Wildman–Crippen LogP) is -0.215. The largest absolute Gasteiger partial charge is 0.389 e. The lowest BCUT2D eigenvalue weighted by Crippen LogP contribution is -2.30. The van der Waals surface area contributed by atoms with Crippen LogP contribution in [0.15, 0.2) is 24.3 Å². The Labute approximate surface area is 124 Å². The molecule has 0 saturated heterocycles. The van der Waals surface area contributed by atoms with Gasteiger partial charge in [-0.3, -0.25) is 0 Å². The van der Waals surface area contributed by atoms with Crippen molar-refractivity contribution in [1.82, 2.24) is 4.72 Å². The second-order valence-corrected chi connectivity index (χ2v) is 8.85. The van der Waals surface area contributed by atoms with Crippen molar-refractivity contribution < 1.29 is 16.8 Å². The summed E-state index contributed by atoms with van der Waals surface area (Å²) in [5.41, 5.74) is 6.67. The summed E-state index contributed by atoms with van der Waals surface area (Å²) in [5, 5.41) is 0. The van der Waals surface area contributed by atoms with E-state index in [1.807, 2.05) is 0 Å². The van der Waals surface area contributed by atoms with Crippen LogP contribution < -0.4 is 10.5 Å². The van der Waals surface area contributed by atoms with Gasteiger partial charge < -0.3 is 5.73 Å². The molecule has 0 radical (unpaired) electrons. The maximum Gasteiger partial charge on any atom is 0.215 e. The molecular weight excluding hydrogens is 320 g/mol. The van der Waals surface area contributed by atoms with E-state index in [1.165, 1.54) is 0 Å². The maximum absolute atomic E-state index is 11.7. The van der Waals surface area contributed by atoms with E-state index < -0.39 is 19.9 Å². The third-order valence-electron chi connectivity index (χ3n) is 2.39. The maximum atomic E-state index is 11.7. The molecule has 0 bridgehead atoms. The lowest BCUT2D eigenvalue weighted by molar-refractivity contribution is 0.581. The van der Waals surface area contributed by atoms with E-state index in [0.29, 0.717) is 11.1 Å². The fourth-order valence-corrected chi connectivity index (χ4v) is 3.30. The van der Waals surface area contributed by atoms with E-state index in [-0.39, 0.29) is 23.0 Å². The van der Waals surface area contributed by atoms with Gasteiger partial charge in [0.2, 0.25) is 10.0 Å². The normalized spacial score (nSPS) is 12.2. The number of sulfone groups is 1. The zero-order valence-corrected chi connectivity index (χ0v) is 13.3. The molecule has 0 fully saturated rings. The van der Waals surface area contributed by atoms with Gasteiger partial charge in [-0.25, -0.2) is 21.6 Å². The highest BCUT2D eigenvalue weighted by atomic mass is 32.2. The molecule has 1 aromatic carbocycles. The van der Waals surface area contributed by atoms with E-state index in [1.54, 1.807) is 24.3 Å². The summed E-state index contributed by atoms with van der Waals surface area (Å²) in [5.74, 6) is -0.457. The summed E-state index contributed by atoms with van der Waals surface area (Å²) in [6.07, 6.45) is 1.05. The number of hydrogen-bond donors (Lipinski definition) is 2. The summed E-state index contributed by atoms with van der Waals surface area (Å²) in [6, 6.07) is 6.52. The first-order chi connectivity index (χ1) is 9.09. The molecule has 1 rings (SSSR count). The van der Waals surface area contributed by atoms with Gasteiger partial charge in [0.1, 0.15) is 14.8 Å². The van der Waals surface area contributed by atoms with Gasteiger partial charge in [-0.05, 0) is 5.56 Å². The van der Waals surface area contributed by atoms with Crippen molar-refractivity contribution in [2.45, 2.75) is 5.75 Å². The second-order valence-electron chi connectivity index (χ2n) is 4.34. The molecule has 6 nitrogen and oxygen atoms in total. The highest BCUT2D eigenvalue weighted by molar-refractivity contribution is 7.91. The van der Waals surface area contributed by atoms with Gasteiger partial charge in [-0.15, -0.1) is 0 Å². The van der Waals surface area contributed by atoms with Gasteiger partial charge in [0, 0.05) is 18.4 Å². The van der Waals surface area contributed by atoms with Crippen molar-refractivity contribution in [3.05, 3.63) is 35.4 Å². The third kappa shape index (κ3) is 6.42. The molecule has 112 valence electrons. The van der Waals surface area contributed by atoms with Crippen molar-refractivity contribution in [2.24, 2.45) is 5.73 Å². The van der Waals surface area contributed by atoms with E-state index in [2.05, 4.69) is 4.72 Å². The lowest BCUT2D eigenvalue weighted by atomic mass is 10.1. The minimum Gasteiger partial charge on any atom is -0.389 e. The molecule has 1 aromatic rings. The van der Waals surface area contributed by atoms with Crippen LogP contribution in [0.4, 0.5) is 0 Å². The number of hydrogen-bond acceptors (Lipinski definition) is 5. The Balaban J connectivity index is 2.64. The molecule has 0 aliphatic carbocycles. The van der Waals surface area contributed by atoms with Crippen LogP contribution >= 0.6 is 12.2 Å². The Hall–Kier alpha value is -1.03. The Morgan fingerprint density at radius 3 is 2.20 bits per heavy atom. The summed E-state index contributed by atoms with van der Waals surface area (Å²) < 4.78 is 47.6. The van der Waals surface area contributed by atoms with Crippen LogP contribution in [0, 0.1) is 0 Å². The molecule has 9 heteroatoms. The highest BCUT2D eigenvalue weighted by Crippen LogP contribution is 2.07. The van der Waals surface area contributed by atoms with Crippen LogP contribution in [-0.4, -0.2) is 40.4 Å². The lowest BCUT2D eigenvalue weighted by Gasteiger charge is -2.07. The van der Waals surface area contributed by atoms with Crippen LogP contribution in [0.5, 0.6) is 0 Å². The first-order valence-corrected chi connectivity index (χ1v) is 9.75. The number of rotatable bonds is 7. The number of nitrogens with one attached hydrogen (secondary N) is 1. The Morgan fingerprint density at radius 1 is 1.20 bits per heavy atom. The molecular formula is C11H16N2O4S3. The number of nitrogens with two attached hydrogens (primary N) is 1. The molecule has 0 amide bonds. The molecule has 0 aliphatic rings. The third-order valence-corrected chi connectivity index (χ3v) is 4.93. The fraction of sp³-hybridized carbons (Fsp3) is 0.364. The van der Waals surface area contributed by atoms with Crippen molar-refractivity contribution in [2.75, 3.05) is 18.6 Å². The van der Waals surface area contributed by atoms with Crippen LogP contribution in [0.25, 0.3) is 0 Å². The molecule has 3 N–H and O–H groups in total. The molecule has 20 heavy (non-hydrogen) atoms. The molecule has 0 aliphatic heterocycles. The first-order valence-electron chi connectivity index (χ1n) is 5.63. The van der Waals surface area contributed by atoms with E-state index >= 15 is 0 Å². The Morgan fingerprint density at radius 2 is 1.75 bits per heavy atom. The van der Waals surface area contributed by atoms with E-state index in [9.17, 15) is 16.8 Å². The number of benzene rings is 1. The molecule has 0 unspecified atom stereocenters. The quantitative estimate of drug-likeness (QED) is 0.667. The smallest absolute Gasteiger partial charge is 0.215 e. The van der Waals surface area contributed by atoms with E-state index in [4.69, 9.17) is 18.0 Å². The molecule has 0 spiro atoms. The van der Waals surface area contributed by atoms with Gasteiger partial charge in [0.15, 0.2) is 0 Å². The molecule has 0 heterocycles. The average molecular weight is 336 g/mol. The predicted molar refractivity (Wildman–Crippen MR) is 82.7 cm³/mol. The topological polar surface area (TPSA) is 106 Å². The fourth-order valence-electron chi connectivity index (χ4n) is 1.42. The van der Waals surface area contributed by atoms with Crippen molar-refractivity contribution in [3.8, 4) is 0 Å². The second kappa shape index (κ2) is 6.61. The molecule has 0 atom stereocenters. The number of sulfonamides is 1. The van der Waals surface area contributed by atoms with Gasteiger partial charge in [-0.2, -0.15) is 0 Å². The number of thiocarbonyl (C=S) groups is 1. The van der Waals surface area contributed by atoms with Gasteiger partial charge in [-0.1, -0.05) is 36.5 Å². The van der Waals surface area contributed by atoms with Crippen LogP contribution in [-0.2, 0) is 25.6 Å². The van der Waals surface area contributed by atoms with Crippen molar-refractivity contribution >= 4 is 37.1 Å². The summed E-state index contributed by atoms with van der Waals surface area (Å²) >= 11 is 4.80. The van der Waals surface area contributed by atoms with Gasteiger partial charge in [0.25, 0.3) is 0 Å². The minimum absolute atomic E-state index is 0.133. The zero-order chi connectivity index (χ0) is 15.4. The summed E-state index contributed by atoms with van der Waals surface area (Å²) in [4.78, 5) is 0.241. The first kappa shape index (κ1) is 17.0. The SMILES string of the molecule is CS(=O)(=O)CCNS(=O)(=O)Cc1ccc(C(N)=S)cc1. The Bertz CT molecular complexity index is 679.